The van der Waals surface area contributed by atoms with Crippen LogP contribution in [0.15, 0.2) is 21.9 Å². The highest BCUT2D eigenvalue weighted by Crippen LogP contribution is 2.28. The predicted octanol–water partition coefficient (Wildman–Crippen LogP) is 2.34. The number of benzene rings is 1. The second-order valence-corrected chi connectivity index (χ2v) is 5.87. The maximum atomic E-state index is 11.3. The lowest BCUT2D eigenvalue weighted by molar-refractivity contribution is 0.606. The third-order valence-electron chi connectivity index (χ3n) is 1.90. The molecule has 0 atom stereocenters. The molecule has 0 amide bonds. The van der Waals surface area contributed by atoms with E-state index in [1.165, 1.54) is 12.1 Å². The van der Waals surface area contributed by atoms with Crippen molar-refractivity contribution in [3.63, 3.8) is 0 Å². The minimum absolute atomic E-state index is 0.00556. The van der Waals surface area contributed by atoms with Crippen molar-refractivity contribution >= 4 is 32.4 Å². The largest absolute Gasteiger partial charge is 0.262 e. The average molecular weight is 262 g/mol. The molecule has 0 aliphatic heterocycles. The van der Waals surface area contributed by atoms with E-state index in [1.54, 1.807) is 6.92 Å². The fourth-order valence-electron chi connectivity index (χ4n) is 1.28. The van der Waals surface area contributed by atoms with Gasteiger partial charge >= 0.3 is 0 Å². The molecule has 3 nitrogen and oxygen atoms in total. The van der Waals surface area contributed by atoms with Crippen LogP contribution in [0.1, 0.15) is 18.1 Å². The number of aryl methyl sites for hydroxylation is 1. The van der Waals surface area contributed by atoms with Gasteiger partial charge in [-0.2, -0.15) is 5.26 Å². The van der Waals surface area contributed by atoms with Gasteiger partial charge in [-0.3, -0.25) is 0 Å². The summed E-state index contributed by atoms with van der Waals surface area (Å²) in [7, 11) is 1.47. The van der Waals surface area contributed by atoms with E-state index in [0.29, 0.717) is 17.5 Å². The van der Waals surface area contributed by atoms with Crippen LogP contribution in [0.25, 0.3) is 0 Å². The molecule has 0 aliphatic rings. The Balaban J connectivity index is 3.61. The third-order valence-corrected chi connectivity index (χ3v) is 3.84. The number of nitrogens with zero attached hydrogens (tertiary/aromatic N) is 1. The van der Waals surface area contributed by atoms with Crippen molar-refractivity contribution in [2.75, 3.05) is 0 Å². The second-order valence-electron chi connectivity index (χ2n) is 2.89. The first-order valence-electron chi connectivity index (χ1n) is 4.10. The number of hydrogen-bond acceptors (Lipinski definition) is 4. The fourth-order valence-corrected chi connectivity index (χ4v) is 3.46. The Morgan fingerprint density at radius 3 is 2.53 bits per heavy atom. The number of halogens is 1. The summed E-state index contributed by atoms with van der Waals surface area (Å²) >= 11 is 4.02. The molecule has 15 heavy (non-hydrogen) atoms. The van der Waals surface area contributed by atoms with Gasteiger partial charge in [0.2, 0.25) is 0 Å². The maximum absolute atomic E-state index is 11.3. The van der Waals surface area contributed by atoms with Crippen molar-refractivity contribution < 1.29 is 8.42 Å². The first-order chi connectivity index (χ1) is 6.90. The zero-order valence-electron chi connectivity index (χ0n) is 7.86. The van der Waals surface area contributed by atoms with E-state index in [9.17, 15) is 8.42 Å². The molecule has 0 radical (unpaired) electrons. The zero-order valence-corrected chi connectivity index (χ0v) is 10.3. The molecule has 0 N–H and O–H groups in total. The molecule has 0 saturated carbocycles. The van der Waals surface area contributed by atoms with E-state index in [1.807, 2.05) is 6.07 Å². The highest BCUT2D eigenvalue weighted by molar-refractivity contribution is 8.14. The van der Waals surface area contributed by atoms with Crippen LogP contribution in [0.3, 0.4) is 0 Å². The van der Waals surface area contributed by atoms with Crippen LogP contribution in [-0.2, 0) is 15.5 Å². The van der Waals surface area contributed by atoms with E-state index in [2.05, 4.69) is 12.6 Å². The van der Waals surface area contributed by atoms with Crippen molar-refractivity contribution in [3.05, 3.63) is 23.3 Å². The Morgan fingerprint density at radius 2 is 2.13 bits per heavy atom. The van der Waals surface area contributed by atoms with Gasteiger partial charge in [0.25, 0.3) is 9.05 Å². The number of hydrogen-bond donors (Lipinski definition) is 1. The summed E-state index contributed by atoms with van der Waals surface area (Å²) in [6.07, 6.45) is 0.477. The molecular formula is C9H8ClNO2S2. The zero-order chi connectivity index (χ0) is 11.6. The van der Waals surface area contributed by atoms with E-state index >= 15 is 0 Å². The molecule has 0 fully saturated rings. The van der Waals surface area contributed by atoms with Crippen molar-refractivity contribution in [1.29, 1.82) is 5.26 Å². The summed E-state index contributed by atoms with van der Waals surface area (Å²) in [4.78, 5) is 0.204. The lowest BCUT2D eigenvalue weighted by Crippen LogP contribution is -2.00. The monoisotopic (exact) mass is 261 g/mol. The molecule has 0 aliphatic carbocycles. The average Bonchev–Trinajstić information content (AvgIpc) is 2.14. The third kappa shape index (κ3) is 2.65. The van der Waals surface area contributed by atoms with Gasteiger partial charge in [0.05, 0.1) is 16.5 Å². The SMILES string of the molecule is CCc1cc(C#N)cc(S)c1S(=O)(=O)Cl. The van der Waals surface area contributed by atoms with Crippen molar-refractivity contribution in [2.45, 2.75) is 23.1 Å². The Bertz CT molecular complexity index is 532. The molecule has 0 spiro atoms. The first-order valence-corrected chi connectivity index (χ1v) is 6.86. The van der Waals surface area contributed by atoms with Crippen molar-refractivity contribution in [1.82, 2.24) is 0 Å². The minimum atomic E-state index is -3.81. The maximum Gasteiger partial charge on any atom is 0.262 e. The summed E-state index contributed by atoms with van der Waals surface area (Å²) in [5, 5.41) is 8.71. The quantitative estimate of drug-likeness (QED) is 0.657. The molecular weight excluding hydrogens is 254 g/mol. The van der Waals surface area contributed by atoms with Gasteiger partial charge in [-0.25, -0.2) is 8.42 Å². The van der Waals surface area contributed by atoms with Crippen molar-refractivity contribution in [3.8, 4) is 6.07 Å². The Morgan fingerprint density at radius 1 is 1.53 bits per heavy atom. The second kappa shape index (κ2) is 4.44. The van der Waals surface area contributed by atoms with Gasteiger partial charge < -0.3 is 0 Å². The van der Waals surface area contributed by atoms with E-state index in [0.717, 1.165) is 0 Å². The lowest BCUT2D eigenvalue weighted by atomic mass is 10.1. The highest BCUT2D eigenvalue weighted by atomic mass is 35.7. The van der Waals surface area contributed by atoms with E-state index < -0.39 is 9.05 Å². The topological polar surface area (TPSA) is 57.9 Å². The fraction of sp³-hybridized carbons (Fsp3) is 0.222. The molecule has 0 heterocycles. The Hall–Kier alpha value is -0.700. The van der Waals surface area contributed by atoms with E-state index in [4.69, 9.17) is 15.9 Å². The standard InChI is InChI=1S/C9H8ClNO2S2/c1-2-7-3-6(5-11)4-8(14)9(7)15(10,12)13/h3-4,14H,2H2,1H3. The minimum Gasteiger partial charge on any atom is -0.207 e. The molecule has 0 bridgehead atoms. The van der Waals surface area contributed by atoms with Gasteiger partial charge in [0.15, 0.2) is 0 Å². The molecule has 80 valence electrons. The Labute approximate surface area is 98.5 Å². The number of rotatable bonds is 2. The normalized spacial score (nSPS) is 11.1. The highest BCUT2D eigenvalue weighted by Gasteiger charge is 2.19. The molecule has 0 saturated heterocycles. The van der Waals surface area contributed by atoms with Crippen LogP contribution in [0.4, 0.5) is 0 Å². The molecule has 0 aromatic heterocycles. The molecule has 0 unspecified atom stereocenters. The van der Waals surface area contributed by atoms with Crippen LogP contribution in [0, 0.1) is 11.3 Å². The summed E-state index contributed by atoms with van der Waals surface area (Å²) in [5.74, 6) is 0. The van der Waals surface area contributed by atoms with E-state index in [-0.39, 0.29) is 9.79 Å². The molecule has 1 aromatic carbocycles. The van der Waals surface area contributed by atoms with Gasteiger partial charge in [0, 0.05) is 15.6 Å². The lowest BCUT2D eigenvalue weighted by Gasteiger charge is -2.07. The molecule has 6 heteroatoms. The Kier molecular flexibility index (Phi) is 3.66. The van der Waals surface area contributed by atoms with Crippen LogP contribution < -0.4 is 0 Å². The first kappa shape index (κ1) is 12.4. The van der Waals surface area contributed by atoms with Crippen LogP contribution >= 0.6 is 23.3 Å². The smallest absolute Gasteiger partial charge is 0.207 e. The summed E-state index contributed by atoms with van der Waals surface area (Å²) in [6.45, 7) is 1.79. The van der Waals surface area contributed by atoms with Gasteiger partial charge in [-0.1, -0.05) is 6.92 Å². The van der Waals surface area contributed by atoms with Crippen LogP contribution in [0.5, 0.6) is 0 Å². The van der Waals surface area contributed by atoms with Gasteiger partial charge in [-0.15, -0.1) is 12.6 Å². The molecule has 1 rings (SSSR count). The van der Waals surface area contributed by atoms with Crippen LogP contribution in [0.2, 0.25) is 0 Å². The van der Waals surface area contributed by atoms with Crippen LogP contribution in [-0.4, -0.2) is 8.42 Å². The summed E-state index contributed by atoms with van der Waals surface area (Å²) in [6, 6.07) is 4.83. The predicted molar refractivity (Wildman–Crippen MR) is 60.8 cm³/mol. The summed E-state index contributed by atoms with van der Waals surface area (Å²) < 4.78 is 22.5. The number of nitriles is 1. The summed E-state index contributed by atoms with van der Waals surface area (Å²) in [5.41, 5.74) is 0.884. The number of thiol groups is 1. The van der Waals surface area contributed by atoms with Gasteiger partial charge in [0.1, 0.15) is 0 Å². The van der Waals surface area contributed by atoms with Crippen molar-refractivity contribution in [2.24, 2.45) is 0 Å². The molecule has 1 aromatic rings. The van der Waals surface area contributed by atoms with Gasteiger partial charge in [-0.05, 0) is 24.1 Å².